The van der Waals surface area contributed by atoms with Crippen LogP contribution < -0.4 is 15.5 Å². The minimum Gasteiger partial charge on any atom is -0.381 e. The maximum Gasteiger partial charge on any atom is 0.191 e. The van der Waals surface area contributed by atoms with E-state index in [1.165, 1.54) is 6.07 Å². The molecule has 25 heavy (non-hydrogen) atoms. The minimum absolute atomic E-state index is 0.230. The van der Waals surface area contributed by atoms with Crippen LogP contribution in [0.5, 0.6) is 0 Å². The molecule has 0 aromatic carbocycles. The molecule has 2 N–H and O–H groups in total. The molecule has 2 heterocycles. The number of aliphatic imine (C=N–C) groups is 1. The lowest BCUT2D eigenvalue weighted by molar-refractivity contribution is 0.129. The first-order valence-electron chi connectivity index (χ1n) is 9.15. The third kappa shape index (κ3) is 6.49. The van der Waals surface area contributed by atoms with Crippen LogP contribution in [0.25, 0.3) is 0 Å². The molecule has 1 aliphatic rings. The number of aromatic nitrogens is 1. The molecular weight excluding hydrogens is 321 g/mol. The number of guanidine groups is 1. The number of nitrogens with zero attached hydrogens (tertiary/aromatic N) is 3. The summed E-state index contributed by atoms with van der Waals surface area (Å²) in [4.78, 5) is 10.4. The van der Waals surface area contributed by atoms with Crippen molar-refractivity contribution in [2.24, 2.45) is 4.99 Å². The quantitative estimate of drug-likeness (QED) is 0.406. The van der Waals surface area contributed by atoms with Crippen molar-refractivity contribution < 1.29 is 9.13 Å². The van der Waals surface area contributed by atoms with E-state index in [0.717, 1.165) is 64.5 Å². The zero-order valence-electron chi connectivity index (χ0n) is 15.3. The maximum absolute atomic E-state index is 13.8. The molecule has 7 heteroatoms. The second kappa shape index (κ2) is 10.9. The molecule has 1 saturated heterocycles. The molecule has 0 saturated carbocycles. The number of hydrogen-bond donors (Lipinski definition) is 2. The molecule has 0 aliphatic carbocycles. The fourth-order valence-corrected chi connectivity index (χ4v) is 2.80. The van der Waals surface area contributed by atoms with E-state index in [4.69, 9.17) is 4.74 Å². The summed E-state index contributed by atoms with van der Waals surface area (Å²) in [7, 11) is 1.76. The molecule has 1 aliphatic heterocycles. The molecular formula is C18H30FN5O. The summed E-state index contributed by atoms with van der Waals surface area (Å²) in [6.07, 6.45) is 5.78. The molecule has 0 radical (unpaired) electrons. The first kappa shape index (κ1) is 19.4. The molecule has 2 rings (SSSR count). The molecule has 1 aromatic rings. The van der Waals surface area contributed by atoms with Crippen molar-refractivity contribution in [1.29, 1.82) is 0 Å². The normalized spacial score (nSPS) is 17.8. The van der Waals surface area contributed by atoms with Gasteiger partial charge in [-0.2, -0.15) is 0 Å². The van der Waals surface area contributed by atoms with Gasteiger partial charge in [-0.3, -0.25) is 4.99 Å². The molecule has 0 bridgehead atoms. The highest BCUT2D eigenvalue weighted by Gasteiger charge is 2.25. The van der Waals surface area contributed by atoms with E-state index >= 15 is 0 Å². The predicted molar refractivity (Wildman–Crippen MR) is 99.7 cm³/mol. The van der Waals surface area contributed by atoms with Crippen molar-refractivity contribution >= 4 is 11.8 Å². The number of pyridine rings is 1. The van der Waals surface area contributed by atoms with Crippen LogP contribution in [0.1, 0.15) is 32.6 Å². The van der Waals surface area contributed by atoms with E-state index in [0.29, 0.717) is 5.82 Å². The molecule has 140 valence electrons. The topological polar surface area (TPSA) is 61.8 Å². The highest BCUT2D eigenvalue weighted by Crippen LogP contribution is 2.20. The van der Waals surface area contributed by atoms with E-state index in [9.17, 15) is 4.39 Å². The standard InChI is InChI=1S/C18H30FN5O/c1-3-4-12-25-13-6-10-22-18(20-2)23-15-8-11-24(14-15)17-16(19)7-5-9-21-17/h5,7,9,15H,3-4,6,8,10-14H2,1-2H3,(H2,20,22,23). The van der Waals surface area contributed by atoms with Crippen molar-refractivity contribution in [2.45, 2.75) is 38.6 Å². The van der Waals surface area contributed by atoms with Crippen LogP contribution in [0.4, 0.5) is 10.2 Å². The zero-order valence-corrected chi connectivity index (χ0v) is 15.3. The summed E-state index contributed by atoms with van der Waals surface area (Å²) in [5.41, 5.74) is 0. The SMILES string of the molecule is CCCCOCCCNC(=NC)NC1CCN(c2ncccc2F)C1. The Bertz CT molecular complexity index is 540. The van der Waals surface area contributed by atoms with Crippen LogP contribution in [0, 0.1) is 5.82 Å². The lowest BCUT2D eigenvalue weighted by Gasteiger charge is -2.20. The Morgan fingerprint density at radius 3 is 3.04 bits per heavy atom. The molecule has 1 aromatic heterocycles. The highest BCUT2D eigenvalue weighted by atomic mass is 19.1. The average molecular weight is 351 g/mol. The summed E-state index contributed by atoms with van der Waals surface area (Å²) >= 11 is 0. The van der Waals surface area contributed by atoms with Gasteiger partial charge in [-0.25, -0.2) is 9.37 Å². The Balaban J connectivity index is 1.68. The summed E-state index contributed by atoms with van der Waals surface area (Å²) in [5, 5.41) is 6.71. The summed E-state index contributed by atoms with van der Waals surface area (Å²) in [5.74, 6) is 0.939. The Kier molecular flexibility index (Phi) is 8.45. The minimum atomic E-state index is -0.270. The number of halogens is 1. The number of hydrogen-bond acceptors (Lipinski definition) is 4. The van der Waals surface area contributed by atoms with Crippen molar-refractivity contribution in [1.82, 2.24) is 15.6 Å². The molecule has 1 fully saturated rings. The van der Waals surface area contributed by atoms with Gasteiger partial charge >= 0.3 is 0 Å². The van der Waals surface area contributed by atoms with E-state index in [-0.39, 0.29) is 11.9 Å². The fourth-order valence-electron chi connectivity index (χ4n) is 2.80. The average Bonchev–Trinajstić information content (AvgIpc) is 3.08. The molecule has 0 spiro atoms. The van der Waals surface area contributed by atoms with Gasteiger partial charge < -0.3 is 20.3 Å². The lowest BCUT2D eigenvalue weighted by atomic mass is 10.3. The Morgan fingerprint density at radius 1 is 1.44 bits per heavy atom. The first-order valence-corrected chi connectivity index (χ1v) is 9.15. The monoisotopic (exact) mass is 351 g/mol. The second-order valence-corrected chi connectivity index (χ2v) is 6.20. The predicted octanol–water partition coefficient (Wildman–Crippen LogP) is 2.17. The number of ether oxygens (including phenoxy) is 1. The third-order valence-electron chi connectivity index (χ3n) is 4.19. The third-order valence-corrected chi connectivity index (χ3v) is 4.19. The Hall–Kier alpha value is -1.89. The van der Waals surface area contributed by atoms with E-state index in [1.807, 2.05) is 4.90 Å². The van der Waals surface area contributed by atoms with Crippen molar-refractivity contribution in [3.8, 4) is 0 Å². The van der Waals surface area contributed by atoms with Crippen LogP contribution in [0.2, 0.25) is 0 Å². The molecule has 1 unspecified atom stereocenters. The van der Waals surface area contributed by atoms with Crippen molar-refractivity contribution in [3.63, 3.8) is 0 Å². The van der Waals surface area contributed by atoms with Gasteiger partial charge in [0.05, 0.1) is 0 Å². The first-order chi connectivity index (χ1) is 12.2. The summed E-state index contributed by atoms with van der Waals surface area (Å²) < 4.78 is 19.4. The van der Waals surface area contributed by atoms with Crippen LogP contribution in [0.15, 0.2) is 23.3 Å². The van der Waals surface area contributed by atoms with Gasteiger partial charge in [0.25, 0.3) is 0 Å². The van der Waals surface area contributed by atoms with Gasteiger partial charge in [-0.1, -0.05) is 13.3 Å². The maximum atomic E-state index is 13.8. The van der Waals surface area contributed by atoms with Crippen LogP contribution >= 0.6 is 0 Å². The van der Waals surface area contributed by atoms with Gasteiger partial charge in [0.2, 0.25) is 0 Å². The molecule has 6 nitrogen and oxygen atoms in total. The van der Waals surface area contributed by atoms with E-state index in [2.05, 4.69) is 27.5 Å². The zero-order chi connectivity index (χ0) is 17.9. The van der Waals surface area contributed by atoms with Gasteiger partial charge in [-0.15, -0.1) is 0 Å². The Labute approximate surface area is 149 Å². The van der Waals surface area contributed by atoms with Crippen LogP contribution in [0.3, 0.4) is 0 Å². The van der Waals surface area contributed by atoms with Crippen molar-refractivity contribution in [3.05, 3.63) is 24.1 Å². The summed E-state index contributed by atoms with van der Waals surface area (Å²) in [6.45, 7) is 6.08. The number of anilines is 1. The fraction of sp³-hybridized carbons (Fsp3) is 0.667. The Morgan fingerprint density at radius 2 is 2.28 bits per heavy atom. The highest BCUT2D eigenvalue weighted by molar-refractivity contribution is 5.80. The number of nitrogens with one attached hydrogen (secondary N) is 2. The van der Waals surface area contributed by atoms with Gasteiger partial charge in [-0.05, 0) is 31.4 Å². The van der Waals surface area contributed by atoms with Crippen LogP contribution in [-0.4, -0.2) is 56.9 Å². The summed E-state index contributed by atoms with van der Waals surface area (Å²) in [6, 6.07) is 3.29. The number of rotatable bonds is 9. The smallest absolute Gasteiger partial charge is 0.191 e. The number of unbranched alkanes of at least 4 members (excludes halogenated alkanes) is 1. The van der Waals surface area contributed by atoms with E-state index < -0.39 is 0 Å². The van der Waals surface area contributed by atoms with Gasteiger partial charge in [0.1, 0.15) is 0 Å². The lowest BCUT2D eigenvalue weighted by Crippen LogP contribution is -2.45. The largest absolute Gasteiger partial charge is 0.381 e. The van der Waals surface area contributed by atoms with Crippen LogP contribution in [-0.2, 0) is 4.74 Å². The van der Waals surface area contributed by atoms with Gasteiger partial charge in [0.15, 0.2) is 17.6 Å². The molecule has 1 atom stereocenters. The second-order valence-electron chi connectivity index (χ2n) is 6.20. The van der Waals surface area contributed by atoms with E-state index in [1.54, 1.807) is 19.3 Å². The molecule has 0 amide bonds. The van der Waals surface area contributed by atoms with Gasteiger partial charge in [0, 0.05) is 52.1 Å². The van der Waals surface area contributed by atoms with Crippen molar-refractivity contribution in [2.75, 3.05) is 44.8 Å².